The van der Waals surface area contributed by atoms with Crippen LogP contribution in [-0.4, -0.2) is 59.8 Å². The molecule has 0 saturated carbocycles. The topological polar surface area (TPSA) is 56.4 Å². The van der Waals surface area contributed by atoms with E-state index >= 15 is 0 Å². The predicted octanol–water partition coefficient (Wildman–Crippen LogP) is 2.74. The monoisotopic (exact) mass is 385 g/mol. The number of hydrogen-bond donors (Lipinski definition) is 1. The fourth-order valence-electron chi connectivity index (χ4n) is 3.05. The molecule has 2 aliphatic heterocycles. The van der Waals surface area contributed by atoms with Crippen LogP contribution in [0, 0.1) is 3.95 Å². The summed E-state index contributed by atoms with van der Waals surface area (Å²) < 4.78 is 2.40. The molecule has 0 amide bonds. The number of thiazole rings is 1. The van der Waals surface area contributed by atoms with Gasteiger partial charge in [0, 0.05) is 37.3 Å². The Labute approximate surface area is 161 Å². The van der Waals surface area contributed by atoms with E-state index in [9.17, 15) is 5.11 Å². The lowest BCUT2D eigenvalue weighted by atomic mass is 10.0. The zero-order valence-corrected chi connectivity index (χ0v) is 16.0. The summed E-state index contributed by atoms with van der Waals surface area (Å²) in [7, 11) is 2.10. The number of aromatic nitrogens is 1. The number of allylic oxidation sites excluding steroid dienone is 1. The summed E-state index contributed by atoms with van der Waals surface area (Å²) in [6.07, 6.45) is 3.62. The number of piperazine rings is 1. The fraction of sp³-hybridized carbons (Fsp3) is 0.278. The predicted molar refractivity (Wildman–Crippen MR) is 110 cm³/mol. The Morgan fingerprint density at radius 2 is 1.88 bits per heavy atom. The van der Waals surface area contributed by atoms with Gasteiger partial charge in [0.2, 0.25) is 5.88 Å². The van der Waals surface area contributed by atoms with Gasteiger partial charge in [-0.1, -0.05) is 41.7 Å². The molecule has 1 aromatic heterocycles. The fourth-order valence-corrected chi connectivity index (χ4v) is 4.36. The van der Waals surface area contributed by atoms with Gasteiger partial charge in [0.1, 0.15) is 5.71 Å². The van der Waals surface area contributed by atoms with Gasteiger partial charge >= 0.3 is 0 Å². The zero-order chi connectivity index (χ0) is 18.1. The lowest BCUT2D eigenvalue weighted by molar-refractivity contribution is 0.277. The molecule has 1 fully saturated rings. The third kappa shape index (κ3) is 3.23. The molecule has 1 saturated heterocycles. The number of rotatable bonds is 3. The summed E-state index contributed by atoms with van der Waals surface area (Å²) in [5.41, 5.74) is 2.67. The third-order valence-corrected chi connectivity index (χ3v) is 5.81. The second kappa shape index (κ2) is 7.14. The standard InChI is InChI=1S/C18H19N5OS2/c1-21-7-9-22(10-8-21)23-17(24)15(26-18(23)25)11-14-12-19-20-16(14)13-5-3-2-4-6-13/h2-6,11-12,24H,7-10H2,1H3. The quantitative estimate of drug-likeness (QED) is 0.826. The van der Waals surface area contributed by atoms with Crippen LogP contribution in [0.15, 0.2) is 46.1 Å². The maximum atomic E-state index is 10.8. The lowest BCUT2D eigenvalue weighted by Crippen LogP contribution is -2.49. The van der Waals surface area contributed by atoms with E-state index in [0.29, 0.717) is 3.95 Å². The molecule has 6 nitrogen and oxygen atoms in total. The molecule has 134 valence electrons. The maximum absolute atomic E-state index is 10.8. The first kappa shape index (κ1) is 17.1. The summed E-state index contributed by atoms with van der Waals surface area (Å²) >= 11 is 6.91. The van der Waals surface area contributed by atoms with E-state index in [2.05, 4.69) is 27.2 Å². The minimum absolute atomic E-state index is 0.185. The molecular formula is C18H19N5OS2. The molecule has 1 aromatic carbocycles. The number of likely N-dealkylation sites (N-methyl/N-ethyl adjacent to an activating group) is 1. The smallest absolute Gasteiger partial charge is 0.230 e. The van der Waals surface area contributed by atoms with Crippen molar-refractivity contribution >= 4 is 41.6 Å². The molecule has 2 aliphatic rings. The number of aromatic hydroxyl groups is 1. The van der Waals surface area contributed by atoms with Crippen molar-refractivity contribution in [2.45, 2.75) is 0 Å². The van der Waals surface area contributed by atoms with Crippen LogP contribution in [-0.2, 0) is 0 Å². The van der Waals surface area contributed by atoms with Gasteiger partial charge in [0.25, 0.3) is 0 Å². The maximum Gasteiger partial charge on any atom is 0.230 e. The first-order valence-electron chi connectivity index (χ1n) is 8.40. The van der Waals surface area contributed by atoms with Gasteiger partial charge in [-0.2, -0.15) is 5.10 Å². The SMILES string of the molecule is CN1CCN(n2c(O)c(C=C3C=NN=C3c3ccccc3)sc2=S)CC1. The van der Waals surface area contributed by atoms with Gasteiger partial charge in [-0.15, -0.1) is 5.10 Å². The van der Waals surface area contributed by atoms with Crippen LogP contribution in [0.25, 0.3) is 6.08 Å². The number of benzene rings is 1. The Morgan fingerprint density at radius 3 is 2.62 bits per heavy atom. The van der Waals surface area contributed by atoms with Gasteiger partial charge < -0.3 is 15.0 Å². The highest BCUT2D eigenvalue weighted by Crippen LogP contribution is 2.30. The van der Waals surface area contributed by atoms with Gasteiger partial charge in [0.15, 0.2) is 3.95 Å². The number of nitrogens with zero attached hydrogens (tertiary/aromatic N) is 5. The summed E-state index contributed by atoms with van der Waals surface area (Å²) in [6.45, 7) is 3.57. The second-order valence-corrected chi connectivity index (χ2v) is 7.96. The Morgan fingerprint density at radius 1 is 1.15 bits per heavy atom. The molecule has 8 heteroatoms. The van der Waals surface area contributed by atoms with E-state index in [4.69, 9.17) is 12.2 Å². The molecular weight excluding hydrogens is 366 g/mol. The van der Waals surface area contributed by atoms with E-state index in [1.807, 2.05) is 36.4 Å². The van der Waals surface area contributed by atoms with Gasteiger partial charge in [-0.25, -0.2) is 4.68 Å². The van der Waals surface area contributed by atoms with Crippen molar-refractivity contribution in [1.82, 2.24) is 9.58 Å². The van der Waals surface area contributed by atoms with Crippen LogP contribution in [0.2, 0.25) is 0 Å². The van der Waals surface area contributed by atoms with Crippen molar-refractivity contribution in [1.29, 1.82) is 0 Å². The summed E-state index contributed by atoms with van der Waals surface area (Å²) in [6, 6.07) is 9.91. The minimum atomic E-state index is 0.185. The molecule has 3 heterocycles. The van der Waals surface area contributed by atoms with E-state index in [1.165, 1.54) is 11.3 Å². The zero-order valence-electron chi connectivity index (χ0n) is 14.4. The van der Waals surface area contributed by atoms with Crippen LogP contribution < -0.4 is 5.01 Å². The van der Waals surface area contributed by atoms with E-state index in [-0.39, 0.29) is 5.88 Å². The molecule has 0 radical (unpaired) electrons. The average Bonchev–Trinajstić information content (AvgIpc) is 3.22. The van der Waals surface area contributed by atoms with Crippen LogP contribution >= 0.6 is 23.6 Å². The van der Waals surface area contributed by atoms with Crippen LogP contribution in [0.4, 0.5) is 0 Å². The van der Waals surface area contributed by atoms with Crippen molar-refractivity contribution in [3.05, 3.63) is 50.3 Å². The molecule has 0 bridgehead atoms. The molecule has 0 spiro atoms. The van der Waals surface area contributed by atoms with E-state index in [0.717, 1.165) is 47.9 Å². The largest absolute Gasteiger partial charge is 0.492 e. The third-order valence-electron chi connectivity index (χ3n) is 4.52. The molecule has 26 heavy (non-hydrogen) atoms. The van der Waals surface area contributed by atoms with Crippen molar-refractivity contribution < 1.29 is 5.11 Å². The molecule has 0 aliphatic carbocycles. The summed E-state index contributed by atoms with van der Waals surface area (Å²) in [4.78, 5) is 2.99. The van der Waals surface area contributed by atoms with Crippen LogP contribution in [0.5, 0.6) is 5.88 Å². The Balaban J connectivity index is 1.66. The van der Waals surface area contributed by atoms with Crippen molar-refractivity contribution in [3.63, 3.8) is 0 Å². The van der Waals surface area contributed by atoms with Crippen molar-refractivity contribution in [2.24, 2.45) is 10.2 Å². The second-order valence-electron chi connectivity index (χ2n) is 6.28. The van der Waals surface area contributed by atoms with Crippen LogP contribution in [0.1, 0.15) is 10.4 Å². The highest BCUT2D eigenvalue weighted by molar-refractivity contribution is 7.73. The summed E-state index contributed by atoms with van der Waals surface area (Å²) in [5, 5.41) is 21.1. The molecule has 0 atom stereocenters. The normalized spacial score (nSPS) is 19.3. The average molecular weight is 386 g/mol. The minimum Gasteiger partial charge on any atom is -0.492 e. The van der Waals surface area contributed by atoms with Gasteiger partial charge in [0.05, 0.1) is 11.1 Å². The van der Waals surface area contributed by atoms with Gasteiger partial charge in [-0.3, -0.25) is 0 Å². The molecule has 4 rings (SSSR count). The van der Waals surface area contributed by atoms with Crippen molar-refractivity contribution in [3.8, 4) is 5.88 Å². The summed E-state index contributed by atoms with van der Waals surface area (Å²) in [5.74, 6) is 0.185. The molecule has 1 N–H and O–H groups in total. The first-order valence-corrected chi connectivity index (χ1v) is 9.63. The van der Waals surface area contributed by atoms with Gasteiger partial charge in [-0.05, 0) is 25.3 Å². The van der Waals surface area contributed by atoms with E-state index < -0.39 is 0 Å². The highest BCUT2D eigenvalue weighted by Gasteiger charge is 2.21. The Hall–Kier alpha value is -2.29. The van der Waals surface area contributed by atoms with E-state index in [1.54, 1.807) is 10.9 Å². The number of hydrogen-bond acceptors (Lipinski definition) is 7. The first-order chi connectivity index (χ1) is 12.6. The lowest BCUT2D eigenvalue weighted by Gasteiger charge is -2.34. The van der Waals surface area contributed by atoms with Crippen molar-refractivity contribution in [2.75, 3.05) is 38.2 Å². The Bertz CT molecular complexity index is 950. The molecule has 0 unspecified atom stereocenters. The Kier molecular flexibility index (Phi) is 4.71. The highest BCUT2D eigenvalue weighted by atomic mass is 32.1. The molecule has 2 aromatic rings. The van der Waals surface area contributed by atoms with Crippen LogP contribution in [0.3, 0.4) is 0 Å².